The minimum Gasteiger partial charge on any atom is -0.422 e. The quantitative estimate of drug-likeness (QED) is 0.400. The van der Waals surface area contributed by atoms with Crippen molar-refractivity contribution in [1.82, 2.24) is 20.2 Å². The molecular weight excluding hydrogens is 512 g/mol. The van der Waals surface area contributed by atoms with E-state index in [1.54, 1.807) is 23.2 Å². The van der Waals surface area contributed by atoms with E-state index in [1.807, 2.05) is 20.8 Å². The Kier molecular flexibility index (Phi) is 6.90. The molecule has 0 aromatic carbocycles. The maximum absolute atomic E-state index is 14.3. The molecule has 3 heterocycles. The number of carbonyl (C=O) groups is 4. The molecule has 2 aliphatic carbocycles. The molecule has 2 aromatic heterocycles. The van der Waals surface area contributed by atoms with E-state index in [4.69, 9.17) is 10.2 Å². The fraction of sp³-hybridized carbons (Fsp3) is 0.655. The number of pyridine rings is 1. The van der Waals surface area contributed by atoms with Gasteiger partial charge in [0.2, 0.25) is 23.2 Å². The van der Waals surface area contributed by atoms with Gasteiger partial charge in [-0.1, -0.05) is 53.9 Å². The number of amides is 3. The predicted molar refractivity (Wildman–Crippen MR) is 148 cm³/mol. The molecule has 0 bridgehead atoms. The van der Waals surface area contributed by atoms with E-state index in [2.05, 4.69) is 34.4 Å². The summed E-state index contributed by atoms with van der Waals surface area (Å²) in [6.45, 7) is 10.5. The number of nitrogens with two attached hydrogens (primary N) is 1. The molecule has 2 saturated carbocycles. The Balaban J connectivity index is 1.40. The van der Waals surface area contributed by atoms with Gasteiger partial charge < -0.3 is 25.7 Å². The SMILES string of the molecule is CC(C)(C)C(Nc1nc2ncccc2o1)C(=O)N1C[C@]2(CC1C(=O)NC(CC1CCC1)C(=O)C(N)=O)CC2(C)C. The maximum Gasteiger partial charge on any atom is 0.297 e. The van der Waals surface area contributed by atoms with Crippen LogP contribution in [0.25, 0.3) is 11.2 Å². The van der Waals surface area contributed by atoms with Crippen LogP contribution in [0.4, 0.5) is 6.01 Å². The van der Waals surface area contributed by atoms with Gasteiger partial charge in [-0.25, -0.2) is 4.98 Å². The van der Waals surface area contributed by atoms with Crippen LogP contribution in [0.15, 0.2) is 22.7 Å². The highest BCUT2D eigenvalue weighted by molar-refractivity contribution is 6.37. The lowest BCUT2D eigenvalue weighted by atomic mass is 9.80. The number of nitrogens with zero attached hydrogens (tertiary/aromatic N) is 3. The molecule has 11 nitrogen and oxygen atoms in total. The number of oxazole rings is 1. The van der Waals surface area contributed by atoms with Gasteiger partial charge in [-0.2, -0.15) is 4.98 Å². The fourth-order valence-corrected chi connectivity index (χ4v) is 6.37. The van der Waals surface area contributed by atoms with Crippen molar-refractivity contribution in [1.29, 1.82) is 0 Å². The van der Waals surface area contributed by atoms with Crippen LogP contribution in [0.2, 0.25) is 0 Å². The van der Waals surface area contributed by atoms with Crippen LogP contribution in [0.5, 0.6) is 0 Å². The van der Waals surface area contributed by atoms with Gasteiger partial charge in [0.15, 0.2) is 5.58 Å². The average molecular weight is 553 g/mol. The van der Waals surface area contributed by atoms with Gasteiger partial charge in [-0.3, -0.25) is 19.2 Å². The highest BCUT2D eigenvalue weighted by Crippen LogP contribution is 2.69. The number of aromatic nitrogens is 2. The number of nitrogens with one attached hydrogen (secondary N) is 2. The first kappa shape index (κ1) is 28.0. The lowest BCUT2D eigenvalue weighted by Gasteiger charge is -2.35. The highest BCUT2D eigenvalue weighted by atomic mass is 16.4. The number of Topliss-reactive ketones (excluding diaryl/α,β-unsaturated/α-hetero) is 1. The monoisotopic (exact) mass is 552 g/mol. The summed E-state index contributed by atoms with van der Waals surface area (Å²) in [5.41, 5.74) is 5.48. The Morgan fingerprint density at radius 3 is 2.48 bits per heavy atom. The van der Waals surface area contributed by atoms with Gasteiger partial charge in [0.1, 0.15) is 12.1 Å². The summed E-state index contributed by atoms with van der Waals surface area (Å²) in [5, 5.41) is 5.99. The van der Waals surface area contributed by atoms with Crippen molar-refractivity contribution in [2.24, 2.45) is 27.9 Å². The molecule has 3 amide bonds. The molecule has 3 unspecified atom stereocenters. The van der Waals surface area contributed by atoms with Crippen molar-refractivity contribution in [3.05, 3.63) is 18.3 Å². The van der Waals surface area contributed by atoms with Crippen molar-refractivity contribution < 1.29 is 23.6 Å². The third-order valence-corrected chi connectivity index (χ3v) is 9.33. The Hall–Kier alpha value is -3.50. The minimum atomic E-state index is -1.06. The zero-order valence-corrected chi connectivity index (χ0v) is 24.0. The van der Waals surface area contributed by atoms with Gasteiger partial charge in [0, 0.05) is 12.7 Å². The Labute approximate surface area is 234 Å². The summed E-state index contributed by atoms with van der Waals surface area (Å²) >= 11 is 0. The number of likely N-dealkylation sites (tertiary alicyclic amines) is 1. The molecule has 0 radical (unpaired) electrons. The van der Waals surface area contributed by atoms with Crippen LogP contribution in [-0.2, 0) is 19.2 Å². The van der Waals surface area contributed by atoms with E-state index in [0.717, 1.165) is 25.7 Å². The van der Waals surface area contributed by atoms with Crippen molar-refractivity contribution >= 4 is 40.7 Å². The van der Waals surface area contributed by atoms with Crippen molar-refractivity contribution in [3.8, 4) is 0 Å². The molecule has 4 N–H and O–H groups in total. The first-order chi connectivity index (χ1) is 18.7. The molecule has 11 heteroatoms. The summed E-state index contributed by atoms with van der Waals surface area (Å²) < 4.78 is 5.81. The second-order valence-electron chi connectivity index (χ2n) is 13.6. The van der Waals surface area contributed by atoms with Crippen LogP contribution in [-0.4, -0.2) is 63.0 Å². The highest BCUT2D eigenvalue weighted by Gasteiger charge is 2.67. The average Bonchev–Trinajstić information content (AvgIpc) is 3.18. The second-order valence-corrected chi connectivity index (χ2v) is 13.6. The van der Waals surface area contributed by atoms with E-state index in [-0.39, 0.29) is 28.7 Å². The van der Waals surface area contributed by atoms with Crippen molar-refractivity contribution in [2.75, 3.05) is 11.9 Å². The normalized spacial score (nSPS) is 25.3. The third kappa shape index (κ3) is 5.17. The van der Waals surface area contributed by atoms with Gasteiger partial charge in [0.25, 0.3) is 11.9 Å². The molecule has 40 heavy (non-hydrogen) atoms. The molecule has 1 saturated heterocycles. The lowest BCUT2D eigenvalue weighted by molar-refractivity contribution is -0.142. The van der Waals surface area contributed by atoms with Crippen LogP contribution >= 0.6 is 0 Å². The second kappa shape index (κ2) is 9.85. The Morgan fingerprint density at radius 1 is 1.23 bits per heavy atom. The summed E-state index contributed by atoms with van der Waals surface area (Å²) in [5.74, 6) is -2.27. The maximum atomic E-state index is 14.3. The lowest BCUT2D eigenvalue weighted by Crippen LogP contribution is -2.57. The number of rotatable bonds is 9. The first-order valence-electron chi connectivity index (χ1n) is 14.1. The van der Waals surface area contributed by atoms with Crippen LogP contribution < -0.4 is 16.4 Å². The zero-order valence-electron chi connectivity index (χ0n) is 24.0. The molecule has 4 atom stereocenters. The van der Waals surface area contributed by atoms with E-state index < -0.39 is 41.1 Å². The molecule has 1 aliphatic heterocycles. The predicted octanol–water partition coefficient (Wildman–Crippen LogP) is 2.80. The number of carbonyl (C=O) groups excluding carboxylic acids is 4. The van der Waals surface area contributed by atoms with Crippen LogP contribution in [0.1, 0.15) is 73.1 Å². The first-order valence-corrected chi connectivity index (χ1v) is 14.1. The molecule has 3 fully saturated rings. The summed E-state index contributed by atoms with van der Waals surface area (Å²) in [4.78, 5) is 62.7. The van der Waals surface area contributed by atoms with Gasteiger partial charge in [-0.15, -0.1) is 0 Å². The summed E-state index contributed by atoms with van der Waals surface area (Å²) in [7, 11) is 0. The van der Waals surface area contributed by atoms with Crippen LogP contribution in [0.3, 0.4) is 0 Å². The largest absolute Gasteiger partial charge is 0.422 e. The number of ketones is 1. The van der Waals surface area contributed by atoms with Crippen molar-refractivity contribution in [2.45, 2.75) is 91.3 Å². The van der Waals surface area contributed by atoms with E-state index in [9.17, 15) is 19.2 Å². The van der Waals surface area contributed by atoms with Crippen LogP contribution in [0, 0.1) is 22.2 Å². The summed E-state index contributed by atoms with van der Waals surface area (Å²) in [6.07, 6.45) is 6.35. The summed E-state index contributed by atoms with van der Waals surface area (Å²) in [6, 6.07) is 1.15. The Morgan fingerprint density at radius 2 is 1.93 bits per heavy atom. The smallest absolute Gasteiger partial charge is 0.297 e. The number of anilines is 1. The third-order valence-electron chi connectivity index (χ3n) is 9.33. The molecule has 216 valence electrons. The molecule has 3 aliphatic rings. The van der Waals surface area contributed by atoms with Gasteiger partial charge >= 0.3 is 0 Å². The topological polar surface area (TPSA) is 161 Å². The van der Waals surface area contributed by atoms with E-state index >= 15 is 0 Å². The van der Waals surface area contributed by atoms with E-state index in [1.165, 1.54) is 0 Å². The molecule has 2 aromatic rings. The molecular formula is C29H40N6O5. The van der Waals surface area contributed by atoms with Gasteiger partial charge in [0.05, 0.1) is 6.04 Å². The minimum absolute atomic E-state index is 0.0223. The fourth-order valence-electron chi connectivity index (χ4n) is 6.37. The zero-order chi connectivity index (χ0) is 29.0. The molecule has 1 spiro atoms. The number of hydrogen-bond donors (Lipinski definition) is 3. The number of primary amides is 1. The van der Waals surface area contributed by atoms with E-state index in [0.29, 0.717) is 30.6 Å². The van der Waals surface area contributed by atoms with Crippen molar-refractivity contribution in [3.63, 3.8) is 0 Å². The molecule has 5 rings (SSSR count). The van der Waals surface area contributed by atoms with Gasteiger partial charge in [-0.05, 0) is 53.6 Å². The number of hydrogen-bond acceptors (Lipinski definition) is 8. The standard InChI is InChI=1S/C29H40N6O5/c1-27(2,3)21(33-26-34-23-19(40-26)10-7-11-31-23)25(39)35-15-29(14-28(29,4)5)13-18(35)24(38)32-17(20(36)22(30)37)12-16-8-6-9-16/h7,10-11,16-18,21H,6,8-9,12-15H2,1-5H3,(H2,30,37)(H,32,38)(H,31,33,34)/t17?,18?,21?,29-/m0/s1. The Bertz CT molecular complexity index is 1310. The number of fused-ring (bicyclic) bond motifs is 1.